The number of carbonyl (C=O) groups is 1. The Labute approximate surface area is 229 Å². The van der Waals surface area contributed by atoms with Crippen molar-refractivity contribution in [1.82, 2.24) is 9.55 Å². The summed E-state index contributed by atoms with van der Waals surface area (Å²) >= 11 is 2.74. The average molecular weight is 542 g/mol. The van der Waals surface area contributed by atoms with E-state index in [-0.39, 0.29) is 23.3 Å². The molecule has 0 radical (unpaired) electrons. The Hall–Kier alpha value is -3.88. The molecule has 3 aromatic carbocycles. The molecule has 6 nitrogen and oxygen atoms in total. The highest BCUT2D eigenvalue weighted by Crippen LogP contribution is 2.37. The Morgan fingerprint density at radius 2 is 1.66 bits per heavy atom. The predicted molar refractivity (Wildman–Crippen MR) is 157 cm³/mol. The van der Waals surface area contributed by atoms with Crippen LogP contribution >= 0.6 is 23.1 Å². The summed E-state index contributed by atoms with van der Waals surface area (Å²) in [5.41, 5.74) is 3.13. The van der Waals surface area contributed by atoms with Crippen molar-refractivity contribution in [3.05, 3.63) is 100 Å². The SMILES string of the molecule is Cc1sc2nc(SCC(=O)Nc3ccc(OC(C)C)cc3)n(-c3ccccc3)c(=O)c2c1-c1ccccc1. The van der Waals surface area contributed by atoms with E-state index < -0.39 is 0 Å². The van der Waals surface area contributed by atoms with Crippen LogP contribution in [-0.4, -0.2) is 27.3 Å². The minimum Gasteiger partial charge on any atom is -0.491 e. The predicted octanol–water partition coefficient (Wildman–Crippen LogP) is 6.94. The molecule has 8 heteroatoms. The number of para-hydroxylation sites is 1. The molecule has 0 fully saturated rings. The third-order valence-electron chi connectivity index (χ3n) is 5.79. The van der Waals surface area contributed by atoms with Crippen LogP contribution in [0, 0.1) is 6.92 Å². The summed E-state index contributed by atoms with van der Waals surface area (Å²) in [6, 6.07) is 26.6. The normalized spacial score (nSPS) is 11.2. The molecule has 0 atom stereocenters. The summed E-state index contributed by atoms with van der Waals surface area (Å²) in [5, 5.41) is 3.99. The molecule has 192 valence electrons. The fourth-order valence-electron chi connectivity index (χ4n) is 4.21. The second kappa shape index (κ2) is 11.2. The minimum absolute atomic E-state index is 0.0785. The molecule has 0 saturated heterocycles. The van der Waals surface area contributed by atoms with E-state index in [0.717, 1.165) is 21.8 Å². The van der Waals surface area contributed by atoms with Gasteiger partial charge in [-0.15, -0.1) is 11.3 Å². The van der Waals surface area contributed by atoms with E-state index in [2.05, 4.69) is 5.32 Å². The second-order valence-corrected chi connectivity index (χ2v) is 11.1. The molecule has 1 N–H and O–H groups in total. The van der Waals surface area contributed by atoms with Crippen LogP contribution in [0.1, 0.15) is 18.7 Å². The molecule has 0 aliphatic rings. The van der Waals surface area contributed by atoms with Gasteiger partial charge in [-0.1, -0.05) is 60.3 Å². The van der Waals surface area contributed by atoms with Gasteiger partial charge in [0.25, 0.3) is 5.56 Å². The molecule has 0 bridgehead atoms. The van der Waals surface area contributed by atoms with Crippen molar-refractivity contribution in [3.63, 3.8) is 0 Å². The van der Waals surface area contributed by atoms with Crippen molar-refractivity contribution >= 4 is 44.9 Å². The first kappa shape index (κ1) is 25.8. The molecule has 1 amide bonds. The highest BCUT2D eigenvalue weighted by atomic mass is 32.2. The van der Waals surface area contributed by atoms with Crippen LogP contribution in [-0.2, 0) is 4.79 Å². The Bertz CT molecular complexity index is 1630. The van der Waals surface area contributed by atoms with Gasteiger partial charge in [-0.05, 0) is 62.7 Å². The van der Waals surface area contributed by atoms with Crippen molar-refractivity contribution < 1.29 is 9.53 Å². The lowest BCUT2D eigenvalue weighted by atomic mass is 10.0. The van der Waals surface area contributed by atoms with Gasteiger partial charge in [0.15, 0.2) is 5.16 Å². The lowest BCUT2D eigenvalue weighted by Crippen LogP contribution is -2.22. The average Bonchev–Trinajstić information content (AvgIpc) is 3.25. The van der Waals surface area contributed by atoms with E-state index in [9.17, 15) is 9.59 Å². The standard InChI is InChI=1S/C30H27N3O3S2/c1-19(2)36-24-16-14-22(15-17-24)31-25(34)18-37-30-32-28-27(29(35)33(30)23-12-8-5-9-13-23)26(20(3)38-28)21-10-6-4-7-11-21/h4-17,19H,18H2,1-3H3,(H,31,34). The maximum Gasteiger partial charge on any atom is 0.268 e. The van der Waals surface area contributed by atoms with Crippen molar-refractivity contribution in [2.75, 3.05) is 11.1 Å². The van der Waals surface area contributed by atoms with E-state index in [1.165, 1.54) is 23.1 Å². The van der Waals surface area contributed by atoms with E-state index in [1.807, 2.05) is 106 Å². The Morgan fingerprint density at radius 1 is 1.00 bits per heavy atom. The molecule has 5 aromatic rings. The summed E-state index contributed by atoms with van der Waals surface area (Å²) in [6.45, 7) is 5.94. The number of ether oxygens (including phenoxy) is 1. The molecule has 2 aromatic heterocycles. The maximum atomic E-state index is 14.0. The number of carbonyl (C=O) groups excluding carboxylic acids is 1. The fraction of sp³-hybridized carbons (Fsp3) is 0.167. The third-order valence-corrected chi connectivity index (χ3v) is 7.73. The van der Waals surface area contributed by atoms with Gasteiger partial charge in [-0.3, -0.25) is 14.2 Å². The maximum absolute atomic E-state index is 14.0. The number of thiophene rings is 1. The van der Waals surface area contributed by atoms with Gasteiger partial charge in [0, 0.05) is 16.1 Å². The molecular weight excluding hydrogens is 514 g/mol. The monoisotopic (exact) mass is 541 g/mol. The zero-order chi connectivity index (χ0) is 26.6. The summed E-state index contributed by atoms with van der Waals surface area (Å²) in [4.78, 5) is 33.4. The van der Waals surface area contributed by atoms with Crippen molar-refractivity contribution in [3.8, 4) is 22.6 Å². The number of nitrogens with zero attached hydrogens (tertiary/aromatic N) is 2. The molecule has 0 aliphatic carbocycles. The first-order valence-electron chi connectivity index (χ1n) is 12.3. The number of anilines is 1. The van der Waals surface area contributed by atoms with Gasteiger partial charge in [0.1, 0.15) is 10.6 Å². The Kier molecular flexibility index (Phi) is 7.62. The van der Waals surface area contributed by atoms with Crippen molar-refractivity contribution in [2.45, 2.75) is 32.0 Å². The summed E-state index contributed by atoms with van der Waals surface area (Å²) in [6.07, 6.45) is 0.0785. The topological polar surface area (TPSA) is 73.2 Å². The number of hydrogen-bond donors (Lipinski definition) is 1. The zero-order valence-corrected chi connectivity index (χ0v) is 22.9. The van der Waals surface area contributed by atoms with Crippen LogP contribution in [0.5, 0.6) is 5.75 Å². The first-order chi connectivity index (χ1) is 18.4. The molecule has 0 saturated carbocycles. The number of aromatic nitrogens is 2. The highest BCUT2D eigenvalue weighted by molar-refractivity contribution is 7.99. The van der Waals surface area contributed by atoms with Crippen LogP contribution in [0.3, 0.4) is 0 Å². The lowest BCUT2D eigenvalue weighted by Gasteiger charge is -2.13. The lowest BCUT2D eigenvalue weighted by molar-refractivity contribution is -0.113. The Balaban J connectivity index is 1.47. The van der Waals surface area contributed by atoms with Crippen LogP contribution < -0.4 is 15.6 Å². The fourth-order valence-corrected chi connectivity index (χ4v) is 6.11. The smallest absolute Gasteiger partial charge is 0.268 e. The second-order valence-electron chi connectivity index (χ2n) is 8.98. The first-order valence-corrected chi connectivity index (χ1v) is 14.1. The highest BCUT2D eigenvalue weighted by Gasteiger charge is 2.21. The number of rotatable bonds is 8. The van der Waals surface area contributed by atoms with Gasteiger partial charge < -0.3 is 10.1 Å². The van der Waals surface area contributed by atoms with Crippen molar-refractivity contribution in [1.29, 1.82) is 0 Å². The number of nitrogens with one attached hydrogen (secondary N) is 1. The van der Waals surface area contributed by atoms with Gasteiger partial charge in [0.2, 0.25) is 5.91 Å². The summed E-state index contributed by atoms with van der Waals surface area (Å²) < 4.78 is 7.27. The van der Waals surface area contributed by atoms with Gasteiger partial charge in [-0.2, -0.15) is 0 Å². The van der Waals surface area contributed by atoms with Crippen LogP contribution in [0.2, 0.25) is 0 Å². The molecule has 0 aliphatic heterocycles. The van der Waals surface area contributed by atoms with Gasteiger partial charge in [0.05, 0.1) is 22.9 Å². The number of benzene rings is 3. The molecule has 38 heavy (non-hydrogen) atoms. The number of thioether (sulfide) groups is 1. The van der Waals surface area contributed by atoms with E-state index in [0.29, 0.717) is 26.7 Å². The van der Waals surface area contributed by atoms with Gasteiger partial charge in [-0.25, -0.2) is 4.98 Å². The summed E-state index contributed by atoms with van der Waals surface area (Å²) in [5.74, 6) is 0.664. The van der Waals surface area contributed by atoms with Gasteiger partial charge >= 0.3 is 0 Å². The third kappa shape index (κ3) is 5.51. The number of aryl methyl sites for hydroxylation is 1. The van der Waals surface area contributed by atoms with Crippen LogP contribution in [0.25, 0.3) is 27.0 Å². The number of amides is 1. The van der Waals surface area contributed by atoms with E-state index in [4.69, 9.17) is 9.72 Å². The van der Waals surface area contributed by atoms with Crippen LogP contribution in [0.15, 0.2) is 94.9 Å². The summed E-state index contributed by atoms with van der Waals surface area (Å²) in [7, 11) is 0. The molecule has 0 unspecified atom stereocenters. The quantitative estimate of drug-likeness (QED) is 0.170. The largest absolute Gasteiger partial charge is 0.491 e. The van der Waals surface area contributed by atoms with E-state index in [1.54, 1.807) is 4.57 Å². The van der Waals surface area contributed by atoms with Crippen molar-refractivity contribution in [2.24, 2.45) is 0 Å². The molecular formula is C30H27N3O3S2. The van der Waals surface area contributed by atoms with Crippen LogP contribution in [0.4, 0.5) is 5.69 Å². The minimum atomic E-state index is -0.186. The molecule has 2 heterocycles. The Morgan fingerprint density at radius 3 is 2.32 bits per heavy atom. The zero-order valence-electron chi connectivity index (χ0n) is 21.3. The molecule has 5 rings (SSSR count). The number of hydrogen-bond acceptors (Lipinski definition) is 6. The van der Waals surface area contributed by atoms with E-state index >= 15 is 0 Å². The molecule has 0 spiro atoms. The number of fused-ring (bicyclic) bond motifs is 1.